The van der Waals surface area contributed by atoms with E-state index in [1.807, 2.05) is 23.1 Å². The fourth-order valence-electron chi connectivity index (χ4n) is 3.03. The molecule has 23 heavy (non-hydrogen) atoms. The first kappa shape index (κ1) is 15.3. The number of amides is 1. The highest BCUT2D eigenvalue weighted by Crippen LogP contribution is 2.38. The summed E-state index contributed by atoms with van der Waals surface area (Å²) in [6, 6.07) is 5.69. The molecule has 1 unspecified atom stereocenters. The van der Waals surface area contributed by atoms with Gasteiger partial charge in [-0.25, -0.2) is 9.67 Å². The zero-order valence-electron chi connectivity index (χ0n) is 13.3. The van der Waals surface area contributed by atoms with Gasteiger partial charge in [0.25, 0.3) is 0 Å². The largest absolute Gasteiger partial charge is 0.497 e. The molecular formula is C16H20N4O3. The van der Waals surface area contributed by atoms with Crippen molar-refractivity contribution in [1.29, 1.82) is 0 Å². The number of ether oxygens (including phenoxy) is 2. The maximum absolute atomic E-state index is 12.6. The number of likely N-dealkylation sites (tertiary alicyclic amines) is 1. The maximum Gasteiger partial charge on any atom is 0.244 e. The van der Waals surface area contributed by atoms with Crippen molar-refractivity contribution in [3.8, 4) is 11.5 Å². The monoisotopic (exact) mass is 316 g/mol. The Hall–Kier alpha value is -2.57. The lowest BCUT2D eigenvalue weighted by Gasteiger charge is -2.26. The van der Waals surface area contributed by atoms with E-state index in [1.54, 1.807) is 25.2 Å². The summed E-state index contributed by atoms with van der Waals surface area (Å²) in [5, 5.41) is 4.00. The molecule has 1 atom stereocenters. The predicted molar refractivity (Wildman–Crippen MR) is 83.3 cm³/mol. The summed E-state index contributed by atoms with van der Waals surface area (Å²) in [5.74, 6) is 1.57. The molecule has 1 fully saturated rings. The van der Waals surface area contributed by atoms with Gasteiger partial charge in [-0.05, 0) is 31.0 Å². The minimum Gasteiger partial charge on any atom is -0.497 e. The van der Waals surface area contributed by atoms with Crippen molar-refractivity contribution in [1.82, 2.24) is 19.7 Å². The maximum atomic E-state index is 12.6. The molecule has 1 aliphatic rings. The average Bonchev–Trinajstić information content (AvgIpc) is 3.25. The first-order valence-corrected chi connectivity index (χ1v) is 7.56. The van der Waals surface area contributed by atoms with Gasteiger partial charge < -0.3 is 14.4 Å². The molecule has 1 saturated heterocycles. The quantitative estimate of drug-likeness (QED) is 0.839. The number of hydrogen-bond donors (Lipinski definition) is 0. The summed E-state index contributed by atoms with van der Waals surface area (Å²) >= 11 is 0. The molecule has 0 spiro atoms. The van der Waals surface area contributed by atoms with E-state index in [0.29, 0.717) is 0 Å². The van der Waals surface area contributed by atoms with Crippen LogP contribution in [-0.4, -0.2) is 46.3 Å². The van der Waals surface area contributed by atoms with Crippen molar-refractivity contribution < 1.29 is 14.3 Å². The topological polar surface area (TPSA) is 69.5 Å². The van der Waals surface area contributed by atoms with E-state index in [1.165, 1.54) is 6.33 Å². The molecular weight excluding hydrogens is 296 g/mol. The molecule has 7 heteroatoms. The van der Waals surface area contributed by atoms with Gasteiger partial charge in [0.05, 0.1) is 20.3 Å². The molecule has 1 aliphatic heterocycles. The molecule has 3 rings (SSSR count). The molecule has 0 bridgehead atoms. The van der Waals surface area contributed by atoms with Gasteiger partial charge in [0.2, 0.25) is 5.91 Å². The number of aromatic nitrogens is 3. The van der Waals surface area contributed by atoms with Crippen LogP contribution >= 0.6 is 0 Å². The molecule has 1 aromatic carbocycles. The highest BCUT2D eigenvalue weighted by atomic mass is 16.5. The number of hydrogen-bond acceptors (Lipinski definition) is 5. The molecule has 7 nitrogen and oxygen atoms in total. The van der Waals surface area contributed by atoms with Crippen LogP contribution in [0.15, 0.2) is 30.9 Å². The fraction of sp³-hybridized carbons (Fsp3) is 0.438. The van der Waals surface area contributed by atoms with Gasteiger partial charge in [-0.15, -0.1) is 0 Å². The van der Waals surface area contributed by atoms with E-state index in [9.17, 15) is 4.79 Å². The van der Waals surface area contributed by atoms with Crippen LogP contribution in [0.4, 0.5) is 0 Å². The second-order valence-corrected chi connectivity index (χ2v) is 5.45. The lowest BCUT2D eigenvalue weighted by Crippen LogP contribution is -2.33. The minimum atomic E-state index is -0.00364. The van der Waals surface area contributed by atoms with Crippen LogP contribution in [0.3, 0.4) is 0 Å². The minimum absolute atomic E-state index is 0.00364. The molecule has 122 valence electrons. The Bertz CT molecular complexity index is 672. The summed E-state index contributed by atoms with van der Waals surface area (Å²) in [6.07, 6.45) is 4.86. The SMILES string of the molecule is COc1ccc(OC)c(C2CCCN2C(=O)Cn2cncn2)c1. The normalized spacial score (nSPS) is 17.3. The first-order chi connectivity index (χ1) is 11.2. The summed E-state index contributed by atoms with van der Waals surface area (Å²) in [4.78, 5) is 18.4. The molecule has 2 aromatic rings. The molecule has 0 N–H and O–H groups in total. The third kappa shape index (κ3) is 3.13. The Labute approximate surface area is 134 Å². The second-order valence-electron chi connectivity index (χ2n) is 5.45. The first-order valence-electron chi connectivity index (χ1n) is 7.56. The van der Waals surface area contributed by atoms with Gasteiger partial charge in [-0.1, -0.05) is 0 Å². The molecule has 0 radical (unpaired) electrons. The second kappa shape index (κ2) is 6.68. The third-order valence-electron chi connectivity index (χ3n) is 4.13. The molecule has 0 saturated carbocycles. The Kier molecular flexibility index (Phi) is 4.45. The van der Waals surface area contributed by atoms with Crippen molar-refractivity contribution in [3.05, 3.63) is 36.4 Å². The van der Waals surface area contributed by atoms with Crippen LogP contribution in [0.25, 0.3) is 0 Å². The highest BCUT2D eigenvalue weighted by Gasteiger charge is 2.32. The van der Waals surface area contributed by atoms with E-state index in [-0.39, 0.29) is 18.5 Å². The smallest absolute Gasteiger partial charge is 0.244 e. The van der Waals surface area contributed by atoms with Crippen LogP contribution in [0.1, 0.15) is 24.4 Å². The Morgan fingerprint density at radius 2 is 2.22 bits per heavy atom. The van der Waals surface area contributed by atoms with Crippen molar-refractivity contribution in [2.75, 3.05) is 20.8 Å². The highest BCUT2D eigenvalue weighted by molar-refractivity contribution is 5.77. The van der Waals surface area contributed by atoms with Crippen LogP contribution < -0.4 is 9.47 Å². The Morgan fingerprint density at radius 3 is 2.91 bits per heavy atom. The summed E-state index contributed by atoms with van der Waals surface area (Å²) in [7, 11) is 3.27. The number of benzene rings is 1. The van der Waals surface area contributed by atoms with E-state index < -0.39 is 0 Å². The summed E-state index contributed by atoms with van der Waals surface area (Å²) < 4.78 is 12.3. The van der Waals surface area contributed by atoms with Gasteiger partial charge >= 0.3 is 0 Å². The fourth-order valence-corrected chi connectivity index (χ4v) is 3.03. The lowest BCUT2D eigenvalue weighted by atomic mass is 10.0. The van der Waals surface area contributed by atoms with Crippen LogP contribution in [0.5, 0.6) is 11.5 Å². The standard InChI is InChI=1S/C16H20N4O3/c1-22-12-5-6-15(23-2)13(8-12)14-4-3-7-20(14)16(21)9-19-11-17-10-18-19/h5-6,8,10-11,14H,3-4,7,9H2,1-2H3. The van der Waals surface area contributed by atoms with Gasteiger partial charge in [0.15, 0.2) is 0 Å². The molecule has 1 amide bonds. The van der Waals surface area contributed by atoms with Gasteiger partial charge in [-0.3, -0.25) is 4.79 Å². The van der Waals surface area contributed by atoms with Crippen LogP contribution in [0.2, 0.25) is 0 Å². The van der Waals surface area contributed by atoms with Gasteiger partial charge in [0, 0.05) is 12.1 Å². The van der Waals surface area contributed by atoms with E-state index in [0.717, 1.165) is 36.4 Å². The van der Waals surface area contributed by atoms with Crippen LogP contribution in [0, 0.1) is 0 Å². The summed E-state index contributed by atoms with van der Waals surface area (Å²) in [5.41, 5.74) is 0.983. The van der Waals surface area contributed by atoms with Gasteiger partial charge in [0.1, 0.15) is 30.7 Å². The number of methoxy groups -OCH3 is 2. The summed E-state index contributed by atoms with van der Waals surface area (Å²) in [6.45, 7) is 0.932. The zero-order chi connectivity index (χ0) is 16.2. The number of nitrogens with zero attached hydrogens (tertiary/aromatic N) is 4. The molecule has 2 heterocycles. The third-order valence-corrected chi connectivity index (χ3v) is 4.13. The van der Waals surface area contributed by atoms with E-state index in [2.05, 4.69) is 10.1 Å². The van der Waals surface area contributed by atoms with Crippen LogP contribution in [-0.2, 0) is 11.3 Å². The van der Waals surface area contributed by atoms with Crippen molar-refractivity contribution in [3.63, 3.8) is 0 Å². The van der Waals surface area contributed by atoms with E-state index >= 15 is 0 Å². The number of carbonyl (C=O) groups excluding carboxylic acids is 1. The van der Waals surface area contributed by atoms with Crippen molar-refractivity contribution in [2.45, 2.75) is 25.4 Å². The van der Waals surface area contributed by atoms with Crippen molar-refractivity contribution in [2.24, 2.45) is 0 Å². The predicted octanol–water partition coefficient (Wildman–Crippen LogP) is 1.66. The average molecular weight is 316 g/mol. The Morgan fingerprint density at radius 1 is 1.35 bits per heavy atom. The van der Waals surface area contributed by atoms with E-state index in [4.69, 9.17) is 9.47 Å². The van der Waals surface area contributed by atoms with Crippen molar-refractivity contribution >= 4 is 5.91 Å². The number of carbonyl (C=O) groups is 1. The Balaban J connectivity index is 1.85. The number of rotatable bonds is 5. The molecule has 1 aromatic heterocycles. The van der Waals surface area contributed by atoms with Gasteiger partial charge in [-0.2, -0.15) is 5.10 Å². The lowest BCUT2D eigenvalue weighted by molar-refractivity contribution is -0.133. The molecule has 0 aliphatic carbocycles. The zero-order valence-corrected chi connectivity index (χ0v) is 13.3.